The van der Waals surface area contributed by atoms with Crippen molar-refractivity contribution in [2.24, 2.45) is 4.99 Å². The van der Waals surface area contributed by atoms with Crippen LogP contribution in [-0.2, 0) is 14.3 Å². The van der Waals surface area contributed by atoms with E-state index in [2.05, 4.69) is 11.9 Å². The molecule has 4 rings (SSSR count). The molecule has 1 aromatic carbocycles. The first-order valence-electron chi connectivity index (χ1n) is 12.4. The van der Waals surface area contributed by atoms with Crippen LogP contribution in [0.1, 0.15) is 45.7 Å². The van der Waals surface area contributed by atoms with Gasteiger partial charge in [-0.15, -0.1) is 0 Å². The third-order valence-corrected chi connectivity index (χ3v) is 7.42. The highest BCUT2D eigenvalue weighted by atomic mass is 32.2. The Morgan fingerprint density at radius 3 is 2.43 bits per heavy atom. The van der Waals surface area contributed by atoms with Crippen LogP contribution in [0, 0.1) is 0 Å². The molecule has 1 fully saturated rings. The number of nitrogens with zero attached hydrogens (tertiary/aromatic N) is 4. The number of aliphatic imine (C=N–C) groups is 1. The number of likely N-dealkylation sites (N-methyl/N-ethyl adjacent to an activating group) is 1. The van der Waals surface area contributed by atoms with Gasteiger partial charge in [0.15, 0.2) is 16.7 Å². The number of rotatable bonds is 6. The fraction of sp³-hybridized carbons (Fsp3) is 0.519. The molecule has 0 N–H and O–H groups in total. The molecule has 1 aromatic rings. The van der Waals surface area contributed by atoms with Crippen LogP contribution in [0.4, 0.5) is 0 Å². The topological polar surface area (TPSA) is 83.9 Å². The molecule has 0 spiro atoms. The Labute approximate surface area is 223 Å². The van der Waals surface area contributed by atoms with Crippen LogP contribution in [0.25, 0.3) is 0 Å². The van der Waals surface area contributed by atoms with Crippen molar-refractivity contribution in [3.63, 3.8) is 0 Å². The molecule has 0 saturated carbocycles. The second kappa shape index (κ2) is 10.8. The fourth-order valence-electron chi connectivity index (χ4n) is 4.71. The molecular weight excluding hydrogens is 492 g/mol. The molecule has 0 aliphatic carbocycles. The van der Waals surface area contributed by atoms with Gasteiger partial charge in [0, 0.05) is 37.4 Å². The van der Waals surface area contributed by atoms with Gasteiger partial charge in [0.25, 0.3) is 0 Å². The van der Waals surface area contributed by atoms with E-state index in [4.69, 9.17) is 19.2 Å². The Bertz CT molecular complexity index is 1160. The lowest BCUT2D eigenvalue weighted by Crippen LogP contribution is -2.47. The number of hydrogen-bond acceptors (Lipinski definition) is 9. The molecule has 3 heterocycles. The summed E-state index contributed by atoms with van der Waals surface area (Å²) in [6, 6.07) is 4.99. The van der Waals surface area contributed by atoms with E-state index in [0.29, 0.717) is 41.0 Å². The van der Waals surface area contributed by atoms with E-state index >= 15 is 0 Å². The van der Waals surface area contributed by atoms with Gasteiger partial charge in [0.2, 0.25) is 5.91 Å². The summed E-state index contributed by atoms with van der Waals surface area (Å²) >= 11 is 1.45. The van der Waals surface area contributed by atoms with E-state index < -0.39 is 17.6 Å². The highest BCUT2D eigenvalue weighted by Crippen LogP contribution is 2.49. The van der Waals surface area contributed by atoms with Crippen molar-refractivity contribution < 1.29 is 23.8 Å². The zero-order valence-corrected chi connectivity index (χ0v) is 23.5. The average Bonchev–Trinajstić information content (AvgIpc) is 3.23. The van der Waals surface area contributed by atoms with Gasteiger partial charge in [0.05, 0.1) is 38.0 Å². The minimum atomic E-state index is -0.687. The lowest BCUT2D eigenvalue weighted by atomic mass is 9.92. The van der Waals surface area contributed by atoms with E-state index in [0.717, 1.165) is 24.4 Å². The molecule has 1 saturated heterocycles. The van der Waals surface area contributed by atoms with Crippen LogP contribution in [-0.4, -0.2) is 84.8 Å². The predicted molar refractivity (Wildman–Crippen MR) is 144 cm³/mol. The minimum Gasteiger partial charge on any atom is -0.493 e. The van der Waals surface area contributed by atoms with Crippen LogP contribution in [0.15, 0.2) is 45.6 Å². The second-order valence-electron chi connectivity index (χ2n) is 10.3. The second-order valence-corrected chi connectivity index (χ2v) is 11.2. The number of hydrogen-bond donors (Lipinski definition) is 0. The lowest BCUT2D eigenvalue weighted by Gasteiger charge is -2.38. The number of benzene rings is 1. The maximum absolute atomic E-state index is 13.6. The van der Waals surface area contributed by atoms with E-state index in [1.165, 1.54) is 11.8 Å². The third kappa shape index (κ3) is 5.65. The summed E-state index contributed by atoms with van der Waals surface area (Å²) in [4.78, 5) is 37.8. The Kier molecular flexibility index (Phi) is 7.89. The number of allylic oxidation sites excluding steroid dienone is 1. The van der Waals surface area contributed by atoms with Crippen molar-refractivity contribution in [2.75, 3.05) is 47.4 Å². The Hall–Kier alpha value is -2.98. The number of amides is 1. The fourth-order valence-corrected chi connectivity index (χ4v) is 5.67. The summed E-state index contributed by atoms with van der Waals surface area (Å²) in [5.74, 6) is 0.676. The molecule has 3 aliphatic heterocycles. The first kappa shape index (κ1) is 27.1. The monoisotopic (exact) mass is 528 g/mol. The normalized spacial score (nSPS) is 20.4. The van der Waals surface area contributed by atoms with Gasteiger partial charge < -0.3 is 28.9 Å². The summed E-state index contributed by atoms with van der Waals surface area (Å²) in [6.45, 7) is 10.4. The molecule has 0 radical (unpaired) electrons. The van der Waals surface area contributed by atoms with Gasteiger partial charge in [-0.05, 0) is 46.2 Å². The highest BCUT2D eigenvalue weighted by Gasteiger charge is 2.43. The summed E-state index contributed by atoms with van der Waals surface area (Å²) in [7, 11) is 5.22. The number of thioether (sulfide) groups is 1. The average molecular weight is 529 g/mol. The van der Waals surface area contributed by atoms with E-state index in [9.17, 15) is 9.59 Å². The van der Waals surface area contributed by atoms with Gasteiger partial charge in [-0.2, -0.15) is 0 Å². The van der Waals surface area contributed by atoms with E-state index in [-0.39, 0.29) is 12.3 Å². The summed E-state index contributed by atoms with van der Waals surface area (Å²) in [6.07, 6.45) is 0.208. The van der Waals surface area contributed by atoms with Crippen molar-refractivity contribution in [1.29, 1.82) is 0 Å². The molecule has 37 heavy (non-hydrogen) atoms. The Morgan fingerprint density at radius 2 is 1.81 bits per heavy atom. The summed E-state index contributed by atoms with van der Waals surface area (Å²) in [5.41, 5.74) is 1.81. The first-order chi connectivity index (χ1) is 17.5. The number of carbonyl (C=O) groups is 2. The van der Waals surface area contributed by atoms with Crippen LogP contribution >= 0.6 is 11.8 Å². The van der Waals surface area contributed by atoms with Gasteiger partial charge >= 0.3 is 5.97 Å². The molecular formula is C27H36N4O5S. The van der Waals surface area contributed by atoms with Gasteiger partial charge in [-0.25, -0.2) is 9.79 Å². The number of carbonyl (C=O) groups excluding carboxylic acids is 2. The van der Waals surface area contributed by atoms with Crippen LogP contribution in [0.2, 0.25) is 0 Å². The first-order valence-corrected chi connectivity index (χ1v) is 13.3. The standard InChI is InChI=1S/C27H36N4O5S/c1-17-22(25(33)36-27(2,3)4)23(19-9-8-10-20(34-6)24(19)35-7)31-18(16-37-26(31)28-17)15-21(32)30-13-11-29(5)12-14-30/h8-10,16,23H,11-15H2,1-7H3/t23-/m1/s1. The number of ether oxygens (including phenoxy) is 3. The molecule has 0 unspecified atom stereocenters. The minimum absolute atomic E-state index is 0.0580. The van der Waals surface area contributed by atoms with Crippen molar-refractivity contribution in [3.05, 3.63) is 46.1 Å². The SMILES string of the molecule is COc1cccc([C@@H]2C(C(=O)OC(C)(C)C)=C(C)N=C3SC=C(CC(=O)N4CCN(C)CC4)N32)c1OC. The van der Waals surface area contributed by atoms with Gasteiger partial charge in [0.1, 0.15) is 5.60 Å². The summed E-state index contributed by atoms with van der Waals surface area (Å²) in [5, 5.41) is 2.67. The third-order valence-electron chi connectivity index (χ3n) is 6.54. The van der Waals surface area contributed by atoms with Crippen LogP contribution in [0.3, 0.4) is 0 Å². The maximum Gasteiger partial charge on any atom is 0.338 e. The number of piperazine rings is 1. The number of para-hydroxylation sites is 1. The maximum atomic E-state index is 13.6. The highest BCUT2D eigenvalue weighted by molar-refractivity contribution is 8.16. The quantitative estimate of drug-likeness (QED) is 0.516. The molecule has 0 aromatic heterocycles. The van der Waals surface area contributed by atoms with Crippen LogP contribution in [0.5, 0.6) is 11.5 Å². The van der Waals surface area contributed by atoms with Crippen molar-refractivity contribution in [1.82, 2.24) is 14.7 Å². The Balaban J connectivity index is 1.76. The number of fused-ring (bicyclic) bond motifs is 1. The zero-order chi connectivity index (χ0) is 26.9. The molecule has 9 nitrogen and oxygen atoms in total. The van der Waals surface area contributed by atoms with Crippen molar-refractivity contribution in [2.45, 2.75) is 45.8 Å². The number of methoxy groups -OCH3 is 2. The molecule has 1 atom stereocenters. The van der Waals surface area contributed by atoms with Crippen LogP contribution < -0.4 is 9.47 Å². The lowest BCUT2D eigenvalue weighted by molar-refractivity contribution is -0.150. The smallest absolute Gasteiger partial charge is 0.338 e. The van der Waals surface area contributed by atoms with E-state index in [1.54, 1.807) is 14.2 Å². The van der Waals surface area contributed by atoms with Gasteiger partial charge in [-0.1, -0.05) is 23.9 Å². The van der Waals surface area contributed by atoms with E-state index in [1.807, 2.05) is 61.1 Å². The Morgan fingerprint density at radius 1 is 1.11 bits per heavy atom. The molecule has 1 amide bonds. The van der Waals surface area contributed by atoms with Crippen molar-refractivity contribution in [3.8, 4) is 11.5 Å². The molecule has 3 aliphatic rings. The van der Waals surface area contributed by atoms with Crippen molar-refractivity contribution >= 4 is 28.8 Å². The zero-order valence-electron chi connectivity index (χ0n) is 22.7. The molecule has 10 heteroatoms. The largest absolute Gasteiger partial charge is 0.493 e. The molecule has 0 bridgehead atoms. The molecule has 200 valence electrons. The van der Waals surface area contributed by atoms with Gasteiger partial charge in [-0.3, -0.25) is 4.79 Å². The number of esters is 1. The number of amidine groups is 1. The predicted octanol–water partition coefficient (Wildman–Crippen LogP) is 3.78. The summed E-state index contributed by atoms with van der Waals surface area (Å²) < 4.78 is 17.2.